The molecule has 1 aliphatic heterocycles. The standard InChI is InChI=1S/C17H22N4O2S2/c1-9-6-11-16(18-8-19-17(11)25-9)24-7-12(22)20-13-10-4-5-23-15(10)14(13)21(2)3/h6,8,10,13-15H,4-5,7H2,1-3H3,(H,20,22)/t10-,13+,14-,15-/m1/s1. The van der Waals surface area contributed by atoms with Gasteiger partial charge in [-0.3, -0.25) is 4.79 Å². The molecule has 6 nitrogen and oxygen atoms in total. The smallest absolute Gasteiger partial charge is 0.230 e. The molecule has 134 valence electrons. The molecule has 1 saturated heterocycles. The summed E-state index contributed by atoms with van der Waals surface area (Å²) in [6.07, 6.45) is 2.88. The second-order valence-electron chi connectivity index (χ2n) is 6.88. The second-order valence-corrected chi connectivity index (χ2v) is 9.08. The van der Waals surface area contributed by atoms with Gasteiger partial charge >= 0.3 is 0 Å². The molecule has 2 fully saturated rings. The molecule has 0 aromatic carbocycles. The van der Waals surface area contributed by atoms with E-state index in [0.717, 1.165) is 28.3 Å². The van der Waals surface area contributed by atoms with Gasteiger partial charge in [-0.15, -0.1) is 11.3 Å². The third-order valence-corrected chi connectivity index (χ3v) is 6.99. The van der Waals surface area contributed by atoms with Crippen molar-refractivity contribution in [2.75, 3.05) is 26.5 Å². The Morgan fingerprint density at radius 2 is 2.32 bits per heavy atom. The molecule has 2 aliphatic rings. The van der Waals surface area contributed by atoms with Crippen molar-refractivity contribution in [3.63, 3.8) is 0 Å². The predicted octanol–water partition coefficient (Wildman–Crippen LogP) is 1.93. The van der Waals surface area contributed by atoms with E-state index >= 15 is 0 Å². The van der Waals surface area contributed by atoms with Crippen molar-refractivity contribution in [3.8, 4) is 0 Å². The van der Waals surface area contributed by atoms with E-state index in [4.69, 9.17) is 4.74 Å². The number of hydrogen-bond donors (Lipinski definition) is 1. The number of hydrogen-bond acceptors (Lipinski definition) is 7. The van der Waals surface area contributed by atoms with E-state index in [2.05, 4.69) is 33.2 Å². The topological polar surface area (TPSA) is 67.3 Å². The Kier molecular flexibility index (Phi) is 4.70. The minimum atomic E-state index is 0.0610. The Labute approximate surface area is 155 Å². The van der Waals surface area contributed by atoms with Crippen molar-refractivity contribution in [2.24, 2.45) is 5.92 Å². The monoisotopic (exact) mass is 378 g/mol. The van der Waals surface area contributed by atoms with E-state index in [9.17, 15) is 4.79 Å². The summed E-state index contributed by atoms with van der Waals surface area (Å²) in [5.74, 6) is 0.883. The SMILES string of the molecule is Cc1cc2c(SCC(=O)N[C@H]3[C@H]4CCO[C@H]4[C@@H]3N(C)C)ncnc2s1. The Bertz CT molecular complexity index is 794. The number of aromatic nitrogens is 2. The van der Waals surface area contributed by atoms with E-state index in [-0.39, 0.29) is 24.1 Å². The number of nitrogens with zero attached hydrogens (tertiary/aromatic N) is 3. The predicted molar refractivity (Wildman–Crippen MR) is 100 cm³/mol. The Morgan fingerprint density at radius 3 is 3.12 bits per heavy atom. The van der Waals surface area contributed by atoms with Crippen LogP contribution in [0.15, 0.2) is 17.4 Å². The fourth-order valence-corrected chi connectivity index (χ4v) is 5.61. The number of carbonyl (C=O) groups excluding carboxylic acids is 1. The maximum Gasteiger partial charge on any atom is 0.230 e. The van der Waals surface area contributed by atoms with E-state index in [0.29, 0.717) is 11.7 Å². The molecular formula is C17H22N4O2S2. The largest absolute Gasteiger partial charge is 0.376 e. The fraction of sp³-hybridized carbons (Fsp3) is 0.588. The van der Waals surface area contributed by atoms with Crippen LogP contribution in [0.5, 0.6) is 0 Å². The number of thioether (sulfide) groups is 1. The first-order chi connectivity index (χ1) is 12.0. The molecule has 0 radical (unpaired) electrons. The molecule has 4 atom stereocenters. The Morgan fingerprint density at radius 1 is 1.48 bits per heavy atom. The van der Waals surface area contributed by atoms with Gasteiger partial charge < -0.3 is 15.0 Å². The number of carbonyl (C=O) groups is 1. The summed E-state index contributed by atoms with van der Waals surface area (Å²) in [5, 5.41) is 5.14. The molecular weight excluding hydrogens is 356 g/mol. The fourth-order valence-electron chi connectivity index (χ4n) is 3.91. The molecule has 2 aromatic heterocycles. The quantitative estimate of drug-likeness (QED) is 0.633. The summed E-state index contributed by atoms with van der Waals surface area (Å²) < 4.78 is 5.80. The van der Waals surface area contributed by atoms with Crippen molar-refractivity contribution in [2.45, 2.75) is 36.6 Å². The minimum absolute atomic E-state index is 0.0610. The number of rotatable bonds is 5. The zero-order valence-electron chi connectivity index (χ0n) is 14.6. The summed E-state index contributed by atoms with van der Waals surface area (Å²) in [5.41, 5.74) is 0. The molecule has 2 aromatic rings. The molecule has 0 unspecified atom stereocenters. The lowest BCUT2D eigenvalue weighted by atomic mass is 9.71. The summed E-state index contributed by atoms with van der Waals surface area (Å²) >= 11 is 3.13. The van der Waals surface area contributed by atoms with Crippen molar-refractivity contribution in [1.82, 2.24) is 20.2 Å². The van der Waals surface area contributed by atoms with Crippen LogP contribution >= 0.6 is 23.1 Å². The van der Waals surface area contributed by atoms with Crippen molar-refractivity contribution in [3.05, 3.63) is 17.3 Å². The first-order valence-corrected chi connectivity index (χ1v) is 10.3. The van der Waals surface area contributed by atoms with Crippen LogP contribution in [-0.4, -0.2) is 65.4 Å². The van der Waals surface area contributed by atoms with E-state index in [1.807, 2.05) is 14.1 Å². The van der Waals surface area contributed by atoms with Gasteiger partial charge in [-0.25, -0.2) is 9.97 Å². The zero-order valence-corrected chi connectivity index (χ0v) is 16.2. The minimum Gasteiger partial charge on any atom is -0.376 e. The maximum atomic E-state index is 12.5. The number of thiophene rings is 1. The highest BCUT2D eigenvalue weighted by Gasteiger charge is 2.55. The average Bonchev–Trinajstić information content (AvgIpc) is 3.13. The second kappa shape index (κ2) is 6.83. The van der Waals surface area contributed by atoms with Gasteiger partial charge in [-0.05, 0) is 33.5 Å². The van der Waals surface area contributed by atoms with Gasteiger partial charge in [0.25, 0.3) is 0 Å². The first-order valence-electron chi connectivity index (χ1n) is 8.46. The van der Waals surface area contributed by atoms with Gasteiger partial charge in [-0.1, -0.05) is 11.8 Å². The molecule has 1 aliphatic carbocycles. The molecule has 25 heavy (non-hydrogen) atoms. The van der Waals surface area contributed by atoms with Crippen LogP contribution in [0.25, 0.3) is 10.2 Å². The number of fused-ring (bicyclic) bond motifs is 2. The van der Waals surface area contributed by atoms with Crippen molar-refractivity contribution < 1.29 is 9.53 Å². The van der Waals surface area contributed by atoms with Crippen LogP contribution in [-0.2, 0) is 9.53 Å². The first kappa shape index (κ1) is 17.2. The Balaban J connectivity index is 1.39. The van der Waals surface area contributed by atoms with Crippen LogP contribution < -0.4 is 5.32 Å². The number of aryl methyl sites for hydroxylation is 1. The Hall–Kier alpha value is -1.22. The van der Waals surface area contributed by atoms with Crippen molar-refractivity contribution in [1.29, 1.82) is 0 Å². The highest BCUT2D eigenvalue weighted by molar-refractivity contribution is 8.00. The maximum absolute atomic E-state index is 12.5. The summed E-state index contributed by atoms with van der Waals surface area (Å²) in [6, 6.07) is 2.55. The number of likely N-dealkylation sites (N-methyl/N-ethyl adjacent to an activating group) is 1. The zero-order chi connectivity index (χ0) is 17.6. The molecule has 0 spiro atoms. The van der Waals surface area contributed by atoms with Crippen LogP contribution in [0.2, 0.25) is 0 Å². The molecule has 3 heterocycles. The third kappa shape index (κ3) is 3.16. The van der Waals surface area contributed by atoms with Crippen LogP contribution in [0.4, 0.5) is 0 Å². The number of ether oxygens (including phenoxy) is 1. The third-order valence-electron chi connectivity index (χ3n) is 5.03. The summed E-state index contributed by atoms with van der Waals surface area (Å²) in [4.78, 5) is 25.5. The van der Waals surface area contributed by atoms with Crippen LogP contribution in [0.3, 0.4) is 0 Å². The molecule has 1 amide bonds. The summed E-state index contributed by atoms with van der Waals surface area (Å²) in [7, 11) is 4.10. The molecule has 1 saturated carbocycles. The van der Waals surface area contributed by atoms with Gasteiger partial charge in [0.2, 0.25) is 5.91 Å². The average molecular weight is 379 g/mol. The van der Waals surface area contributed by atoms with Gasteiger partial charge in [0, 0.05) is 22.8 Å². The molecule has 8 heteroatoms. The lowest BCUT2D eigenvalue weighted by Gasteiger charge is -2.50. The summed E-state index contributed by atoms with van der Waals surface area (Å²) in [6.45, 7) is 2.86. The molecule has 0 bridgehead atoms. The highest BCUT2D eigenvalue weighted by Crippen LogP contribution is 2.41. The number of nitrogens with one attached hydrogen (secondary N) is 1. The molecule has 1 N–H and O–H groups in total. The van der Waals surface area contributed by atoms with Gasteiger partial charge in [-0.2, -0.15) is 0 Å². The van der Waals surface area contributed by atoms with Gasteiger partial charge in [0.15, 0.2) is 0 Å². The van der Waals surface area contributed by atoms with Crippen LogP contribution in [0, 0.1) is 12.8 Å². The normalized spacial score (nSPS) is 28.2. The lowest BCUT2D eigenvalue weighted by Crippen LogP contribution is -2.69. The van der Waals surface area contributed by atoms with Gasteiger partial charge in [0.05, 0.1) is 23.9 Å². The van der Waals surface area contributed by atoms with Crippen LogP contribution in [0.1, 0.15) is 11.3 Å². The van der Waals surface area contributed by atoms with Crippen molar-refractivity contribution >= 4 is 39.2 Å². The van der Waals surface area contributed by atoms with E-state index in [1.54, 1.807) is 17.7 Å². The van der Waals surface area contributed by atoms with E-state index in [1.165, 1.54) is 16.6 Å². The highest BCUT2D eigenvalue weighted by atomic mass is 32.2. The van der Waals surface area contributed by atoms with Gasteiger partial charge in [0.1, 0.15) is 16.2 Å². The lowest BCUT2D eigenvalue weighted by molar-refractivity contribution is -0.125. The van der Waals surface area contributed by atoms with E-state index < -0.39 is 0 Å². The number of amides is 1. The molecule has 4 rings (SSSR count).